The van der Waals surface area contributed by atoms with E-state index in [4.69, 9.17) is 0 Å². The summed E-state index contributed by atoms with van der Waals surface area (Å²) in [6.45, 7) is 2.50. The van der Waals surface area contributed by atoms with Crippen LogP contribution in [0.2, 0.25) is 0 Å². The molecule has 0 aromatic rings. The first-order valence-corrected chi connectivity index (χ1v) is 3.12. The summed E-state index contributed by atoms with van der Waals surface area (Å²) in [5.74, 6) is 0. The summed E-state index contributed by atoms with van der Waals surface area (Å²) >= 11 is 0. The second-order valence-electron chi connectivity index (χ2n) is 3.58. The van der Waals surface area contributed by atoms with Crippen LogP contribution in [-0.2, 0) is 0 Å². The van der Waals surface area contributed by atoms with Crippen molar-refractivity contribution in [2.45, 2.75) is 6.04 Å². The van der Waals surface area contributed by atoms with E-state index in [1.807, 2.05) is 0 Å². The Hall–Kier alpha value is -0.0800. The van der Waals surface area contributed by atoms with Crippen molar-refractivity contribution < 1.29 is 4.48 Å². The van der Waals surface area contributed by atoms with Gasteiger partial charge in [0.2, 0.25) is 0 Å². The van der Waals surface area contributed by atoms with Gasteiger partial charge in [0.15, 0.2) is 0 Å². The van der Waals surface area contributed by atoms with Gasteiger partial charge in [-0.3, -0.25) is 0 Å². The zero-order valence-electron chi connectivity index (χ0n) is 5.94. The summed E-state index contributed by atoms with van der Waals surface area (Å²) < 4.78 is 1.08. The molecule has 0 saturated carbocycles. The fourth-order valence-corrected chi connectivity index (χ4v) is 0.874. The highest BCUT2D eigenvalue weighted by Gasteiger charge is 2.26. The van der Waals surface area contributed by atoms with E-state index in [2.05, 4.69) is 26.5 Å². The summed E-state index contributed by atoms with van der Waals surface area (Å²) in [5.41, 5.74) is 0. The molecule has 48 valence electrons. The highest BCUT2D eigenvalue weighted by Crippen LogP contribution is 2.01. The van der Waals surface area contributed by atoms with Gasteiger partial charge in [-0.15, -0.1) is 0 Å². The molecular weight excluding hydrogens is 100 g/mol. The van der Waals surface area contributed by atoms with E-state index in [9.17, 15) is 0 Å². The molecule has 0 spiro atoms. The Labute approximate surface area is 51.1 Å². The molecule has 1 saturated heterocycles. The Kier molecular flexibility index (Phi) is 1.29. The van der Waals surface area contributed by atoms with E-state index in [1.165, 1.54) is 13.1 Å². The van der Waals surface area contributed by atoms with Crippen LogP contribution in [0, 0.1) is 0 Å². The lowest BCUT2D eigenvalue weighted by molar-refractivity contribution is -0.869. The molecule has 0 bridgehead atoms. The number of quaternary nitrogens is 1. The summed E-state index contributed by atoms with van der Waals surface area (Å²) in [7, 11) is 6.67. The van der Waals surface area contributed by atoms with Gasteiger partial charge in [-0.1, -0.05) is 0 Å². The molecule has 1 aliphatic heterocycles. The fourth-order valence-electron chi connectivity index (χ4n) is 0.874. The van der Waals surface area contributed by atoms with Gasteiger partial charge in [-0.05, 0) is 0 Å². The molecule has 1 rings (SSSR count). The van der Waals surface area contributed by atoms with Crippen molar-refractivity contribution >= 4 is 0 Å². The average Bonchev–Trinajstić information content (AvgIpc) is 2.12. The molecule has 1 aliphatic rings. The second kappa shape index (κ2) is 1.71. The maximum Gasteiger partial charge on any atom is 0.0949 e. The number of nitrogens with one attached hydrogen (secondary N) is 1. The van der Waals surface area contributed by atoms with E-state index in [0.717, 1.165) is 10.5 Å². The Morgan fingerprint density at radius 2 is 2.00 bits per heavy atom. The molecule has 1 heterocycles. The SMILES string of the molecule is C[N+](C)(C)CC1CN1. The summed E-state index contributed by atoms with van der Waals surface area (Å²) in [4.78, 5) is 0. The maximum absolute atomic E-state index is 3.28. The third-order valence-electron chi connectivity index (χ3n) is 1.26. The third-order valence-corrected chi connectivity index (χ3v) is 1.26. The molecule has 1 N–H and O–H groups in total. The summed E-state index contributed by atoms with van der Waals surface area (Å²) in [6, 6.07) is 0.815. The van der Waals surface area contributed by atoms with Crippen LogP contribution in [0.1, 0.15) is 0 Å². The first-order valence-electron chi connectivity index (χ1n) is 3.12. The van der Waals surface area contributed by atoms with Crippen LogP contribution in [-0.4, -0.2) is 44.8 Å². The molecule has 1 fully saturated rings. The molecule has 0 radical (unpaired) electrons. The fraction of sp³-hybridized carbons (Fsp3) is 1.00. The van der Waals surface area contributed by atoms with Crippen LogP contribution in [0.15, 0.2) is 0 Å². The van der Waals surface area contributed by atoms with Gasteiger partial charge in [0.05, 0.1) is 33.7 Å². The minimum atomic E-state index is 0.815. The lowest BCUT2D eigenvalue weighted by atomic mass is 10.4. The first kappa shape index (κ1) is 6.05. The van der Waals surface area contributed by atoms with Crippen molar-refractivity contribution in [1.82, 2.24) is 5.32 Å². The van der Waals surface area contributed by atoms with Gasteiger partial charge in [0, 0.05) is 6.54 Å². The lowest BCUT2D eigenvalue weighted by Gasteiger charge is -2.22. The van der Waals surface area contributed by atoms with E-state index < -0.39 is 0 Å². The average molecular weight is 115 g/mol. The molecule has 0 amide bonds. The minimum Gasteiger partial charge on any atom is -0.330 e. The van der Waals surface area contributed by atoms with Gasteiger partial charge in [-0.25, -0.2) is 0 Å². The van der Waals surface area contributed by atoms with Crippen LogP contribution in [0.3, 0.4) is 0 Å². The first-order chi connectivity index (χ1) is 3.58. The van der Waals surface area contributed by atoms with Crippen molar-refractivity contribution in [3.8, 4) is 0 Å². The van der Waals surface area contributed by atoms with Crippen LogP contribution >= 0.6 is 0 Å². The van der Waals surface area contributed by atoms with Gasteiger partial charge >= 0.3 is 0 Å². The van der Waals surface area contributed by atoms with Crippen molar-refractivity contribution in [1.29, 1.82) is 0 Å². The molecule has 0 aliphatic carbocycles. The second-order valence-corrected chi connectivity index (χ2v) is 3.58. The van der Waals surface area contributed by atoms with Gasteiger partial charge in [0.1, 0.15) is 0 Å². The summed E-state index contributed by atoms with van der Waals surface area (Å²) in [5, 5.41) is 3.28. The normalized spacial score (nSPS) is 28.1. The third kappa shape index (κ3) is 2.28. The monoisotopic (exact) mass is 115 g/mol. The molecule has 2 heteroatoms. The van der Waals surface area contributed by atoms with E-state index in [-0.39, 0.29) is 0 Å². The van der Waals surface area contributed by atoms with Crippen LogP contribution < -0.4 is 5.32 Å². The number of rotatable bonds is 2. The van der Waals surface area contributed by atoms with E-state index in [1.54, 1.807) is 0 Å². The minimum absolute atomic E-state index is 0.815. The van der Waals surface area contributed by atoms with Crippen LogP contribution in [0.25, 0.3) is 0 Å². The number of likely N-dealkylation sites (N-methyl/N-ethyl adjacent to an activating group) is 1. The molecular formula is C6H15N2+. The Morgan fingerprint density at radius 1 is 1.50 bits per heavy atom. The Balaban J connectivity index is 2.16. The quantitative estimate of drug-likeness (QED) is 0.386. The molecule has 1 atom stereocenters. The zero-order valence-corrected chi connectivity index (χ0v) is 5.94. The van der Waals surface area contributed by atoms with Crippen LogP contribution in [0.5, 0.6) is 0 Å². The van der Waals surface area contributed by atoms with Gasteiger partial charge in [0.25, 0.3) is 0 Å². The Morgan fingerprint density at radius 3 is 2.12 bits per heavy atom. The number of hydrogen-bond donors (Lipinski definition) is 1. The molecule has 8 heavy (non-hydrogen) atoms. The molecule has 2 nitrogen and oxygen atoms in total. The smallest absolute Gasteiger partial charge is 0.0949 e. The number of hydrogen-bond acceptors (Lipinski definition) is 1. The number of nitrogens with zero attached hydrogens (tertiary/aromatic N) is 1. The zero-order chi connectivity index (χ0) is 6.20. The molecule has 1 unspecified atom stereocenters. The highest BCUT2D eigenvalue weighted by molar-refractivity contribution is 4.82. The largest absolute Gasteiger partial charge is 0.330 e. The Bertz CT molecular complexity index is 79.0. The topological polar surface area (TPSA) is 21.9 Å². The predicted octanol–water partition coefficient (Wildman–Crippen LogP) is -0.336. The van der Waals surface area contributed by atoms with E-state index in [0.29, 0.717) is 0 Å². The van der Waals surface area contributed by atoms with Gasteiger partial charge < -0.3 is 9.80 Å². The maximum atomic E-state index is 3.28. The van der Waals surface area contributed by atoms with Crippen molar-refractivity contribution in [3.63, 3.8) is 0 Å². The van der Waals surface area contributed by atoms with Crippen molar-refractivity contribution in [3.05, 3.63) is 0 Å². The van der Waals surface area contributed by atoms with E-state index >= 15 is 0 Å². The molecule has 0 aromatic carbocycles. The van der Waals surface area contributed by atoms with Gasteiger partial charge in [-0.2, -0.15) is 0 Å². The lowest BCUT2D eigenvalue weighted by Crippen LogP contribution is -2.38. The molecule has 0 aromatic heterocycles. The van der Waals surface area contributed by atoms with Crippen LogP contribution in [0.4, 0.5) is 0 Å². The standard InChI is InChI=1S/C6H15N2/c1-8(2,3)5-6-4-7-6/h6-7H,4-5H2,1-3H3/q+1. The predicted molar refractivity (Wildman–Crippen MR) is 34.7 cm³/mol. The highest BCUT2D eigenvalue weighted by atomic mass is 15.3. The van der Waals surface area contributed by atoms with Crippen molar-refractivity contribution in [2.24, 2.45) is 0 Å². The van der Waals surface area contributed by atoms with Crippen molar-refractivity contribution in [2.75, 3.05) is 34.2 Å². The summed E-state index contributed by atoms with van der Waals surface area (Å²) in [6.07, 6.45) is 0.